The van der Waals surface area contributed by atoms with Gasteiger partial charge in [-0.25, -0.2) is 0 Å². The quantitative estimate of drug-likeness (QED) is 0.772. The lowest BCUT2D eigenvalue weighted by atomic mass is 10.2. The van der Waals surface area contributed by atoms with Gasteiger partial charge in [0.2, 0.25) is 0 Å². The minimum atomic E-state index is 0.305. The Bertz CT molecular complexity index is 238. The van der Waals surface area contributed by atoms with E-state index in [1.807, 2.05) is 0 Å². The third-order valence-electron chi connectivity index (χ3n) is 2.27. The Hall–Kier alpha value is -0.420. The molecular weight excluding hydrogens is 196 g/mol. The molecule has 1 aromatic rings. The second-order valence-corrected chi connectivity index (χ2v) is 4.17. The summed E-state index contributed by atoms with van der Waals surface area (Å²) in [6.45, 7) is 2.26. The highest BCUT2D eigenvalue weighted by Gasteiger charge is 2.12. The number of hydrogen-bond donors (Lipinski definition) is 1. The van der Waals surface area contributed by atoms with Crippen LogP contribution in [0.25, 0.3) is 0 Å². The van der Waals surface area contributed by atoms with Crippen LogP contribution in [0.4, 0.5) is 0 Å². The fourth-order valence-corrected chi connectivity index (χ4v) is 2.03. The topological polar surface area (TPSA) is 38.5 Å². The number of nitrogens with two attached hydrogens (primary N) is 1. The number of ether oxygens (including phenoxy) is 1. The fraction of sp³-hybridized carbons (Fsp3) is 0.600. The molecule has 0 aliphatic heterocycles. The lowest BCUT2D eigenvalue weighted by Crippen LogP contribution is -2.40. The summed E-state index contributed by atoms with van der Waals surface area (Å²) in [5, 5.41) is 4.26. The van der Waals surface area contributed by atoms with E-state index in [9.17, 15) is 0 Å². The molecule has 1 aromatic heterocycles. The minimum absolute atomic E-state index is 0.305. The highest BCUT2D eigenvalue weighted by atomic mass is 32.1. The zero-order valence-electron chi connectivity index (χ0n) is 8.77. The minimum Gasteiger partial charge on any atom is -0.383 e. The van der Waals surface area contributed by atoms with Gasteiger partial charge >= 0.3 is 0 Å². The number of nitrogens with zero attached hydrogens (tertiary/aromatic N) is 1. The van der Waals surface area contributed by atoms with Gasteiger partial charge < -0.3 is 10.5 Å². The molecule has 0 saturated heterocycles. The van der Waals surface area contributed by atoms with E-state index in [-0.39, 0.29) is 0 Å². The summed E-state index contributed by atoms with van der Waals surface area (Å²) in [7, 11) is 3.79. The van der Waals surface area contributed by atoms with Gasteiger partial charge in [0, 0.05) is 26.2 Å². The smallest absolute Gasteiger partial charge is 0.0630 e. The maximum atomic E-state index is 5.67. The normalized spacial score (nSPS) is 13.4. The average molecular weight is 214 g/mol. The molecule has 0 bridgehead atoms. The van der Waals surface area contributed by atoms with Crippen LogP contribution >= 0.6 is 11.3 Å². The molecule has 0 amide bonds. The Kier molecular flexibility index (Phi) is 5.11. The van der Waals surface area contributed by atoms with E-state index in [1.165, 1.54) is 5.56 Å². The van der Waals surface area contributed by atoms with Crippen LogP contribution in [0.5, 0.6) is 0 Å². The Morgan fingerprint density at radius 2 is 2.43 bits per heavy atom. The Labute approximate surface area is 89.5 Å². The third kappa shape index (κ3) is 3.38. The van der Waals surface area contributed by atoms with E-state index in [1.54, 1.807) is 18.4 Å². The van der Waals surface area contributed by atoms with Crippen LogP contribution < -0.4 is 5.73 Å². The molecule has 0 radical (unpaired) electrons. The average Bonchev–Trinajstić information content (AvgIpc) is 2.66. The van der Waals surface area contributed by atoms with Crippen molar-refractivity contribution in [2.45, 2.75) is 12.6 Å². The standard InChI is InChI=1S/C10H18N2OS/c1-12(10(5-11)7-13-2)6-9-3-4-14-8-9/h3-4,8,10H,5-7,11H2,1-2H3. The molecule has 0 aromatic carbocycles. The first-order chi connectivity index (χ1) is 6.77. The molecule has 14 heavy (non-hydrogen) atoms. The van der Waals surface area contributed by atoms with E-state index in [0.717, 1.165) is 6.54 Å². The van der Waals surface area contributed by atoms with Crippen molar-refractivity contribution < 1.29 is 4.74 Å². The van der Waals surface area contributed by atoms with Crippen LogP contribution in [0.15, 0.2) is 16.8 Å². The fourth-order valence-electron chi connectivity index (χ4n) is 1.37. The van der Waals surface area contributed by atoms with Crippen molar-refractivity contribution in [1.82, 2.24) is 4.90 Å². The van der Waals surface area contributed by atoms with Crippen molar-refractivity contribution >= 4 is 11.3 Å². The summed E-state index contributed by atoms with van der Waals surface area (Å²) >= 11 is 1.73. The number of rotatable bonds is 6. The monoisotopic (exact) mass is 214 g/mol. The van der Waals surface area contributed by atoms with Crippen LogP contribution in [0, 0.1) is 0 Å². The van der Waals surface area contributed by atoms with Gasteiger partial charge in [-0.1, -0.05) is 0 Å². The predicted octanol–water partition coefficient (Wildman–Crippen LogP) is 1.15. The maximum absolute atomic E-state index is 5.67. The molecule has 0 fully saturated rings. The summed E-state index contributed by atoms with van der Waals surface area (Å²) in [6, 6.07) is 2.45. The molecular formula is C10H18N2OS. The van der Waals surface area contributed by atoms with Gasteiger partial charge in [-0.15, -0.1) is 0 Å². The first kappa shape index (κ1) is 11.7. The Balaban J connectivity index is 2.43. The van der Waals surface area contributed by atoms with E-state index < -0.39 is 0 Å². The second kappa shape index (κ2) is 6.14. The first-order valence-corrected chi connectivity index (χ1v) is 5.62. The Morgan fingerprint density at radius 3 is 2.93 bits per heavy atom. The molecule has 1 rings (SSSR count). The molecule has 80 valence electrons. The van der Waals surface area contributed by atoms with Crippen LogP contribution in [0.3, 0.4) is 0 Å². The summed E-state index contributed by atoms with van der Waals surface area (Å²) in [4.78, 5) is 2.23. The Morgan fingerprint density at radius 1 is 1.64 bits per heavy atom. The predicted molar refractivity (Wildman–Crippen MR) is 60.5 cm³/mol. The first-order valence-electron chi connectivity index (χ1n) is 4.68. The van der Waals surface area contributed by atoms with Crippen molar-refractivity contribution in [2.24, 2.45) is 5.73 Å². The molecule has 0 aliphatic carbocycles. The van der Waals surface area contributed by atoms with E-state index in [2.05, 4.69) is 28.8 Å². The molecule has 1 heterocycles. The molecule has 0 saturated carbocycles. The molecule has 0 aliphatic rings. The van der Waals surface area contributed by atoms with E-state index >= 15 is 0 Å². The number of methoxy groups -OCH3 is 1. The van der Waals surface area contributed by atoms with Crippen molar-refractivity contribution in [3.8, 4) is 0 Å². The number of likely N-dealkylation sites (N-methyl/N-ethyl adjacent to an activating group) is 1. The zero-order valence-corrected chi connectivity index (χ0v) is 9.59. The van der Waals surface area contributed by atoms with Gasteiger partial charge in [0.1, 0.15) is 0 Å². The second-order valence-electron chi connectivity index (χ2n) is 3.39. The van der Waals surface area contributed by atoms with Gasteiger partial charge in [0.15, 0.2) is 0 Å². The van der Waals surface area contributed by atoms with Crippen LogP contribution in [0.2, 0.25) is 0 Å². The van der Waals surface area contributed by atoms with Crippen LogP contribution in [-0.2, 0) is 11.3 Å². The highest BCUT2D eigenvalue weighted by Crippen LogP contribution is 2.10. The summed E-state index contributed by atoms with van der Waals surface area (Å²) in [6.07, 6.45) is 0. The molecule has 3 nitrogen and oxygen atoms in total. The van der Waals surface area contributed by atoms with Gasteiger partial charge in [-0.3, -0.25) is 4.90 Å². The van der Waals surface area contributed by atoms with E-state index in [4.69, 9.17) is 10.5 Å². The summed E-state index contributed by atoms with van der Waals surface area (Å²) in [5.74, 6) is 0. The van der Waals surface area contributed by atoms with Crippen molar-refractivity contribution in [1.29, 1.82) is 0 Å². The largest absolute Gasteiger partial charge is 0.383 e. The van der Waals surface area contributed by atoms with Gasteiger partial charge in [0.25, 0.3) is 0 Å². The SMILES string of the molecule is COCC(CN)N(C)Cc1ccsc1. The van der Waals surface area contributed by atoms with Crippen LogP contribution in [0.1, 0.15) is 5.56 Å². The molecule has 1 atom stereocenters. The van der Waals surface area contributed by atoms with Gasteiger partial charge in [-0.05, 0) is 29.4 Å². The number of hydrogen-bond acceptors (Lipinski definition) is 4. The lowest BCUT2D eigenvalue weighted by Gasteiger charge is -2.25. The summed E-state index contributed by atoms with van der Waals surface area (Å²) < 4.78 is 5.12. The van der Waals surface area contributed by atoms with Crippen molar-refractivity contribution in [3.63, 3.8) is 0 Å². The molecule has 1 unspecified atom stereocenters. The summed E-state index contributed by atoms with van der Waals surface area (Å²) in [5.41, 5.74) is 7.01. The lowest BCUT2D eigenvalue weighted by molar-refractivity contribution is 0.106. The number of thiophene rings is 1. The molecule has 2 N–H and O–H groups in total. The molecule has 4 heteroatoms. The zero-order chi connectivity index (χ0) is 10.4. The molecule has 0 spiro atoms. The highest BCUT2D eigenvalue weighted by molar-refractivity contribution is 7.07. The third-order valence-corrected chi connectivity index (χ3v) is 3.00. The van der Waals surface area contributed by atoms with Gasteiger partial charge in [0.05, 0.1) is 6.61 Å². The van der Waals surface area contributed by atoms with E-state index in [0.29, 0.717) is 19.2 Å². The van der Waals surface area contributed by atoms with Gasteiger partial charge in [-0.2, -0.15) is 11.3 Å². The van der Waals surface area contributed by atoms with Crippen molar-refractivity contribution in [3.05, 3.63) is 22.4 Å². The maximum Gasteiger partial charge on any atom is 0.0630 e. The van der Waals surface area contributed by atoms with Crippen LogP contribution in [-0.4, -0.2) is 38.3 Å². The van der Waals surface area contributed by atoms with Crippen molar-refractivity contribution in [2.75, 3.05) is 27.3 Å².